The molecule has 0 bridgehead atoms. The maximum Gasteiger partial charge on any atom is 0.320 e. The lowest BCUT2D eigenvalue weighted by Crippen LogP contribution is -2.32. The van der Waals surface area contributed by atoms with Crippen LogP contribution >= 0.6 is 0 Å². The van der Waals surface area contributed by atoms with Crippen LogP contribution in [0.5, 0.6) is 0 Å². The number of anilines is 1. The monoisotopic (exact) mass is 353 g/mol. The molecule has 136 valence electrons. The molecule has 0 saturated carbocycles. The summed E-state index contributed by atoms with van der Waals surface area (Å²) < 4.78 is 1.78. The molecule has 1 atom stereocenters. The number of nitrogens with zero attached hydrogens (tertiary/aromatic N) is 4. The molecule has 0 saturated heterocycles. The van der Waals surface area contributed by atoms with E-state index in [2.05, 4.69) is 50.0 Å². The van der Waals surface area contributed by atoms with Gasteiger partial charge in [-0.1, -0.05) is 29.8 Å². The summed E-state index contributed by atoms with van der Waals surface area (Å²) >= 11 is 0. The van der Waals surface area contributed by atoms with Crippen molar-refractivity contribution in [2.45, 2.75) is 40.3 Å². The minimum Gasteiger partial charge on any atom is -0.328 e. The fourth-order valence-corrected chi connectivity index (χ4v) is 2.70. The lowest BCUT2D eigenvalue weighted by atomic mass is 10.1. The summed E-state index contributed by atoms with van der Waals surface area (Å²) in [6, 6.07) is 7.58. The highest BCUT2D eigenvalue weighted by molar-refractivity contribution is 5.89. The summed E-state index contributed by atoms with van der Waals surface area (Å²) in [5, 5.41) is 16.9. The van der Waals surface area contributed by atoms with E-state index in [0.29, 0.717) is 24.0 Å². The van der Waals surface area contributed by atoms with Crippen molar-refractivity contribution >= 4 is 11.8 Å². The van der Waals surface area contributed by atoms with Gasteiger partial charge in [-0.2, -0.15) is 10.2 Å². The molecule has 0 spiro atoms. The smallest absolute Gasteiger partial charge is 0.320 e. The van der Waals surface area contributed by atoms with Crippen molar-refractivity contribution in [2.24, 2.45) is 0 Å². The van der Waals surface area contributed by atoms with Crippen molar-refractivity contribution in [1.29, 1.82) is 0 Å². The molecule has 8 nitrogen and oxygen atoms in total. The molecule has 3 aromatic rings. The van der Waals surface area contributed by atoms with Gasteiger partial charge in [-0.25, -0.2) is 14.5 Å². The van der Waals surface area contributed by atoms with Gasteiger partial charge in [0.05, 0.1) is 18.8 Å². The molecule has 26 heavy (non-hydrogen) atoms. The Morgan fingerprint density at radius 2 is 2.12 bits per heavy atom. The molecule has 3 rings (SSSR count). The van der Waals surface area contributed by atoms with E-state index in [1.807, 2.05) is 32.9 Å². The van der Waals surface area contributed by atoms with Crippen molar-refractivity contribution in [3.05, 3.63) is 58.8 Å². The van der Waals surface area contributed by atoms with Crippen molar-refractivity contribution in [1.82, 2.24) is 30.3 Å². The first-order valence-electron chi connectivity index (χ1n) is 8.46. The third kappa shape index (κ3) is 4.08. The minimum atomic E-state index is -0.325. The van der Waals surface area contributed by atoms with Gasteiger partial charge in [-0.3, -0.25) is 10.4 Å². The Morgan fingerprint density at radius 1 is 1.31 bits per heavy atom. The van der Waals surface area contributed by atoms with Crippen molar-refractivity contribution in [3.63, 3.8) is 0 Å². The fourth-order valence-electron chi connectivity index (χ4n) is 2.70. The number of benzene rings is 1. The Kier molecular flexibility index (Phi) is 5.01. The Labute approximate surface area is 152 Å². The number of rotatable bonds is 5. The first kappa shape index (κ1) is 17.7. The highest BCUT2D eigenvalue weighted by Gasteiger charge is 2.16. The maximum absolute atomic E-state index is 12.4. The third-order valence-electron chi connectivity index (χ3n) is 4.02. The molecule has 2 heterocycles. The molecule has 0 aliphatic carbocycles. The number of hydrogen-bond acceptors (Lipinski definition) is 4. The van der Waals surface area contributed by atoms with Gasteiger partial charge < -0.3 is 5.32 Å². The first-order chi connectivity index (χ1) is 12.4. The molecule has 3 N–H and O–H groups in total. The molecule has 2 aromatic heterocycles. The zero-order chi connectivity index (χ0) is 18.7. The van der Waals surface area contributed by atoms with Crippen LogP contribution in [0.15, 0.2) is 30.5 Å². The van der Waals surface area contributed by atoms with Crippen LogP contribution in [-0.4, -0.2) is 31.0 Å². The Balaban J connectivity index is 1.69. The lowest BCUT2D eigenvalue weighted by molar-refractivity contribution is 0.248. The second-order valence-corrected chi connectivity index (χ2v) is 6.42. The highest BCUT2D eigenvalue weighted by atomic mass is 16.2. The summed E-state index contributed by atoms with van der Waals surface area (Å²) in [6.07, 6.45) is 1.74. The maximum atomic E-state index is 12.4. The molecule has 0 unspecified atom stereocenters. The van der Waals surface area contributed by atoms with E-state index in [1.165, 1.54) is 5.56 Å². The summed E-state index contributed by atoms with van der Waals surface area (Å²) in [7, 11) is 0. The van der Waals surface area contributed by atoms with Crippen LogP contribution in [-0.2, 0) is 6.54 Å². The average Bonchev–Trinajstić information content (AvgIpc) is 3.16. The van der Waals surface area contributed by atoms with Crippen LogP contribution in [0.3, 0.4) is 0 Å². The van der Waals surface area contributed by atoms with Crippen LogP contribution in [0.25, 0.3) is 0 Å². The number of aromatic nitrogens is 5. The number of amides is 2. The summed E-state index contributed by atoms with van der Waals surface area (Å²) in [5.41, 5.74) is 3.21. The molecule has 8 heteroatoms. The Morgan fingerprint density at radius 3 is 2.81 bits per heavy atom. The Bertz CT molecular complexity index is 912. The predicted molar refractivity (Wildman–Crippen MR) is 98.9 cm³/mol. The second kappa shape index (κ2) is 7.38. The normalized spacial score (nSPS) is 12.0. The van der Waals surface area contributed by atoms with Gasteiger partial charge in [0.2, 0.25) is 0 Å². The SMILES string of the molecule is Cc1cccc(Cn2ncc(C)c2NC(=O)N[C@@H](C)c2n[nH]c(C)n2)c1. The van der Waals surface area contributed by atoms with E-state index in [1.54, 1.807) is 10.9 Å². The summed E-state index contributed by atoms with van der Waals surface area (Å²) in [6.45, 7) is 8.20. The molecular weight excluding hydrogens is 330 g/mol. The number of H-pyrrole nitrogens is 1. The lowest BCUT2D eigenvalue weighted by Gasteiger charge is -2.14. The van der Waals surface area contributed by atoms with E-state index in [0.717, 1.165) is 11.1 Å². The fraction of sp³-hybridized carbons (Fsp3) is 0.333. The van der Waals surface area contributed by atoms with Gasteiger partial charge in [0.15, 0.2) is 5.82 Å². The highest BCUT2D eigenvalue weighted by Crippen LogP contribution is 2.17. The average molecular weight is 353 g/mol. The molecule has 0 fully saturated rings. The van der Waals surface area contributed by atoms with Gasteiger partial charge in [0.1, 0.15) is 11.6 Å². The first-order valence-corrected chi connectivity index (χ1v) is 8.46. The second-order valence-electron chi connectivity index (χ2n) is 6.42. The molecule has 0 aliphatic heterocycles. The van der Waals surface area contributed by atoms with Gasteiger partial charge >= 0.3 is 6.03 Å². The quantitative estimate of drug-likeness (QED) is 0.656. The number of hydrogen-bond donors (Lipinski definition) is 3. The van der Waals surface area contributed by atoms with Gasteiger partial charge in [-0.05, 0) is 33.3 Å². The van der Waals surface area contributed by atoms with E-state index >= 15 is 0 Å². The zero-order valence-electron chi connectivity index (χ0n) is 15.4. The third-order valence-corrected chi connectivity index (χ3v) is 4.02. The van der Waals surface area contributed by atoms with Crippen LogP contribution in [0.4, 0.5) is 10.6 Å². The van der Waals surface area contributed by atoms with Crippen molar-refractivity contribution in [2.75, 3.05) is 5.32 Å². The standard InChI is InChI=1S/C18H23N7O/c1-11-6-5-7-15(8-11)10-25-17(12(2)9-19-25)22-18(26)20-13(3)16-21-14(4)23-24-16/h5-9,13H,10H2,1-4H3,(H2,20,22,26)(H,21,23,24)/t13-/m0/s1. The molecule has 0 aliphatic rings. The number of carbonyl (C=O) groups excluding carboxylic acids is 1. The number of urea groups is 1. The van der Waals surface area contributed by atoms with Crippen LogP contribution in [0.2, 0.25) is 0 Å². The van der Waals surface area contributed by atoms with E-state index < -0.39 is 0 Å². The summed E-state index contributed by atoms with van der Waals surface area (Å²) in [4.78, 5) is 16.6. The zero-order valence-corrected chi connectivity index (χ0v) is 15.4. The predicted octanol–water partition coefficient (Wildman–Crippen LogP) is 2.86. The number of nitrogens with one attached hydrogen (secondary N) is 3. The molecular formula is C18H23N7O. The molecule has 0 radical (unpaired) electrons. The number of aromatic amines is 1. The number of carbonyl (C=O) groups is 1. The van der Waals surface area contributed by atoms with Crippen molar-refractivity contribution in [3.8, 4) is 0 Å². The van der Waals surface area contributed by atoms with Crippen molar-refractivity contribution < 1.29 is 4.79 Å². The van der Waals surface area contributed by atoms with Gasteiger partial charge in [0, 0.05) is 5.56 Å². The Hall–Kier alpha value is -3.16. The molecule has 2 amide bonds. The summed E-state index contributed by atoms with van der Waals surface area (Å²) in [5.74, 6) is 1.92. The van der Waals surface area contributed by atoms with Gasteiger partial charge in [-0.15, -0.1) is 0 Å². The largest absolute Gasteiger partial charge is 0.328 e. The van der Waals surface area contributed by atoms with Gasteiger partial charge in [0.25, 0.3) is 0 Å². The number of aryl methyl sites for hydroxylation is 3. The topological polar surface area (TPSA) is 101 Å². The van der Waals surface area contributed by atoms with Crippen LogP contribution in [0.1, 0.15) is 41.3 Å². The minimum absolute atomic E-state index is 0.312. The van der Waals surface area contributed by atoms with E-state index in [-0.39, 0.29) is 12.1 Å². The van der Waals surface area contributed by atoms with Crippen LogP contribution in [0, 0.1) is 20.8 Å². The van der Waals surface area contributed by atoms with E-state index in [4.69, 9.17) is 0 Å². The van der Waals surface area contributed by atoms with E-state index in [9.17, 15) is 4.79 Å². The molecule has 1 aromatic carbocycles. The van der Waals surface area contributed by atoms with Crippen LogP contribution < -0.4 is 10.6 Å².